The molecule has 0 aliphatic heterocycles. The van der Waals surface area contributed by atoms with Gasteiger partial charge in [0, 0.05) is 324 Å². The van der Waals surface area contributed by atoms with Crippen LogP contribution in [0.1, 0.15) is 0 Å². The summed E-state index contributed by atoms with van der Waals surface area (Å²) in [6, 6.07) is 0. The van der Waals surface area contributed by atoms with E-state index in [0.29, 0.717) is 0 Å². The molecule has 1 N–H and O–H groups in total. The van der Waals surface area contributed by atoms with Gasteiger partial charge >= 0.3 is 0 Å². The Labute approximate surface area is 434 Å². The molecule has 0 aromatic carbocycles. The van der Waals surface area contributed by atoms with E-state index in [2.05, 4.69) is 412 Å². The highest BCUT2D eigenvalue weighted by Gasteiger charge is 1.78. The molecule has 0 saturated carbocycles. The maximum absolute atomic E-state index is 8.19. The van der Waals surface area contributed by atoms with Crippen LogP contribution in [0, 0.1) is 10.1 Å². The maximum Gasteiger partial charge on any atom is 0.193 e. The van der Waals surface area contributed by atoms with E-state index >= 15 is 0 Å². The van der Waals surface area contributed by atoms with Gasteiger partial charge in [-0.25, -0.2) is 0 Å². The molecule has 0 aliphatic rings. The molecular formula is HN81S. The minimum atomic E-state index is 0.0533. The molecule has 0 heterocycles. The Morgan fingerprint density at radius 3 is 0.268 bits per heavy atom. The molecule has 0 atom stereocenters. The van der Waals surface area contributed by atoms with E-state index < -0.39 is 0 Å². The van der Waals surface area contributed by atoms with Crippen LogP contribution in [0.3, 0.4) is 0 Å². The van der Waals surface area contributed by atoms with Crippen molar-refractivity contribution in [1.82, 2.24) is 0 Å². The van der Waals surface area contributed by atoms with Crippen molar-refractivity contribution in [2.75, 3.05) is 0 Å². The molecule has 0 fully saturated rings. The zero-order chi connectivity index (χ0) is 58.6. The molecule has 0 aliphatic carbocycles. The molecule has 0 aromatic rings. The SMILES string of the molecule is N#SN=N\N=N/N=N\N=N/N=N\N=N/N=N\N=N/N=N\N=N/N=N\N=N/N=N\N=N/N=N\N=N/N=N\N=N/N=N\N=N/N=N\N=N/N=N\N=N/N=N\N=N/N=N\N=N/N=N\N=N/N=N\N=N/N=N\N=N/N=N\N=N/N=N\N=N/N=N\N=N. The largest absolute Gasteiger partial charge is 0.193 e. The van der Waals surface area contributed by atoms with Crippen LogP contribution in [0.15, 0.2) is 412 Å². The predicted molar refractivity (Wildman–Crippen MR) is 204 cm³/mol. The van der Waals surface area contributed by atoms with Gasteiger partial charge in [0.05, 0.1) is 0 Å². The second kappa shape index (κ2) is 64.9. The molecule has 0 unspecified atom stereocenters. The van der Waals surface area contributed by atoms with E-state index in [-0.39, 0.29) is 11.6 Å². The van der Waals surface area contributed by atoms with E-state index in [1.165, 1.54) is 0 Å². The third-order valence-electron chi connectivity index (χ3n) is 3.16. The van der Waals surface area contributed by atoms with E-state index in [0.717, 1.165) is 0 Å². The number of nitrogens with one attached hydrogen (secondary N) is 1. The quantitative estimate of drug-likeness (QED) is 0.0350. The van der Waals surface area contributed by atoms with E-state index in [9.17, 15) is 0 Å². The van der Waals surface area contributed by atoms with Crippen LogP contribution in [-0.4, -0.2) is 0 Å². The maximum atomic E-state index is 8.19. The van der Waals surface area contributed by atoms with Gasteiger partial charge in [0.2, 0.25) is 0 Å². The molecule has 82 heavy (non-hydrogen) atoms. The van der Waals surface area contributed by atoms with Crippen molar-refractivity contribution in [3.8, 4) is 0 Å². The lowest BCUT2D eigenvalue weighted by Gasteiger charge is -1.70. The first-order valence-corrected chi connectivity index (χ1v) is 16.9. The Hall–Kier alpha value is -16.1. The van der Waals surface area contributed by atoms with Crippen LogP contribution in [0.2, 0.25) is 0 Å². The summed E-state index contributed by atoms with van der Waals surface area (Å²) in [5, 5.41) is 232. The van der Waals surface area contributed by atoms with Crippen molar-refractivity contribution >= 4 is 11.6 Å². The molecule has 412 valence electrons. The lowest BCUT2D eigenvalue weighted by Crippen LogP contribution is -1.52. The van der Waals surface area contributed by atoms with E-state index in [1.807, 2.05) is 0 Å². The summed E-state index contributed by atoms with van der Waals surface area (Å²) in [4.78, 5) is 0. The van der Waals surface area contributed by atoms with Crippen molar-refractivity contribution in [3.05, 3.63) is 0 Å². The smallest absolute Gasteiger partial charge is 0.183 e. The highest BCUT2D eigenvalue weighted by atomic mass is 32.1. The topological polar surface area (TPSA) is 1020 Å². The van der Waals surface area contributed by atoms with Gasteiger partial charge in [0.25, 0.3) is 0 Å². The van der Waals surface area contributed by atoms with Crippen molar-refractivity contribution in [2.45, 2.75) is 0 Å². The Morgan fingerprint density at radius 2 is 0.195 bits per heavy atom. The monoisotopic (exact) mass is 1170 g/mol. The Bertz CT molecular complexity index is 2970. The fourth-order valence-electron chi connectivity index (χ4n) is 1.39. The summed E-state index contributed by atoms with van der Waals surface area (Å²) in [5.41, 5.74) is 6.27. The van der Waals surface area contributed by atoms with Gasteiger partial charge in [0.1, 0.15) is 0 Å². The second-order valence-electron chi connectivity index (χ2n) is 7.15. The molecule has 0 bridgehead atoms. The first-order chi connectivity index (χ1) is 40.9. The summed E-state index contributed by atoms with van der Waals surface area (Å²) in [6.45, 7) is 0. The lowest BCUT2D eigenvalue weighted by molar-refractivity contribution is 0.723. The van der Waals surface area contributed by atoms with Crippen LogP contribution in [0.5, 0.6) is 0 Å². The number of hydrogen-bond donors (Lipinski definition) is 1. The van der Waals surface area contributed by atoms with Gasteiger partial charge < -0.3 is 0 Å². The van der Waals surface area contributed by atoms with Crippen molar-refractivity contribution in [2.24, 2.45) is 412 Å². The van der Waals surface area contributed by atoms with Crippen LogP contribution in [-0.2, 0) is 0 Å². The minimum absolute atomic E-state index is 0.0533. The van der Waals surface area contributed by atoms with E-state index in [1.54, 1.807) is 0 Å². The predicted octanol–water partition coefficient (Wildman–Crippen LogP) is 15.5. The second-order valence-corrected chi connectivity index (χ2v) is 7.48. The lowest BCUT2D eigenvalue weighted by atomic mass is 12.3. The molecule has 0 radical (unpaired) electrons. The summed E-state index contributed by atoms with van der Waals surface area (Å²) in [5.74, 6) is 0. The average molecular weight is 1170 g/mol. The third kappa shape index (κ3) is 63.9. The standard InChI is InChI=1S/HN81S/c1-3-4-5-6-7-8-9-10-11-12-13-14-15-16-17-18-19-20-21-22-23-24-25-26-27-28-29-30-31-32-33-34-35-36-37-38-39-40-41-42-43-44-45-46-47-48-49-50-51-52-53-54-55-56-57-58-59-60-61-62-63-64-65-66-67-68-69-70-71-72-73-74-75-76-77-78-79-80-81-82-2/h1H/b3-1?,5-4-,7-6-,9-8-,11-10-,13-12-,15-14-,17-16-,19-18-,21-20-,23-22-,25-24-,27-26-,29-28-,31-30-,33-32-,35-34-,37-36-,39-38-,41-40-,43-42-,45-44-,47-46-,49-48-,51-50-,53-52-,55-54-,57-56-,59-58-,61-60-,63-62-,65-64-,67-66-,69-68-,71-70-,73-72-,75-74-,77-76-,79-78-,81-80?. The Morgan fingerprint density at radius 1 is 0.122 bits per heavy atom. The van der Waals surface area contributed by atoms with Crippen LogP contribution < -0.4 is 0 Å². The molecule has 82 heteroatoms. The first kappa shape index (κ1) is 65.9. The van der Waals surface area contributed by atoms with Gasteiger partial charge in [-0.05, 0) is 88.1 Å². The Kier molecular flexibility index (Phi) is 52.2. The fourth-order valence-corrected chi connectivity index (χ4v) is 1.46. The van der Waals surface area contributed by atoms with Crippen LogP contribution >= 0.6 is 11.6 Å². The summed E-state index contributed by atoms with van der Waals surface area (Å²) < 4.78 is 11.1. The molecule has 0 aromatic heterocycles. The zero-order valence-electron chi connectivity index (χ0n) is 36.7. The van der Waals surface area contributed by atoms with Crippen molar-refractivity contribution < 1.29 is 0 Å². The molecule has 0 amide bonds. The molecule has 0 spiro atoms. The van der Waals surface area contributed by atoms with Gasteiger partial charge in [-0.1, -0.05) is 0 Å². The normalized spacial score (nSPS) is 15.5. The van der Waals surface area contributed by atoms with Crippen molar-refractivity contribution in [3.63, 3.8) is 0 Å². The summed E-state index contributed by atoms with van der Waals surface area (Å²) in [6.07, 6.45) is 0. The zero-order valence-corrected chi connectivity index (χ0v) is 37.5. The molecular weight excluding hydrogens is 1170 g/mol. The third-order valence-corrected chi connectivity index (χ3v) is 3.30. The van der Waals surface area contributed by atoms with Crippen LogP contribution in [0.4, 0.5) is 0 Å². The van der Waals surface area contributed by atoms with Crippen molar-refractivity contribution in [1.29, 1.82) is 10.1 Å². The fraction of sp³-hybridized carbons (Fsp3) is 0. The number of rotatable bonds is 39. The summed E-state index contributed by atoms with van der Waals surface area (Å²) in [7, 11) is 0. The number of hydrogen-bond acceptors (Lipinski definition) is 3. The average Bonchev–Trinajstić information content (AvgIpc) is 3.48. The first-order valence-electron chi connectivity index (χ1n) is 16.2. The Balaban J connectivity index is 4.11. The van der Waals surface area contributed by atoms with Gasteiger partial charge in [-0.15, -0.1) is 4.61 Å². The van der Waals surface area contributed by atoms with Gasteiger partial charge in [0.15, 0.2) is 11.6 Å². The molecule has 0 saturated heterocycles. The van der Waals surface area contributed by atoms with Crippen LogP contribution in [0.25, 0.3) is 0 Å². The molecule has 81 nitrogen and oxygen atoms in total. The highest BCUT2D eigenvalue weighted by molar-refractivity contribution is 7.83. The minimum Gasteiger partial charge on any atom is -0.183 e. The van der Waals surface area contributed by atoms with Gasteiger partial charge in [-0.3, -0.25) is 0 Å². The molecule has 0 rings (SSSR count). The van der Waals surface area contributed by atoms with Gasteiger partial charge in [-0.2, -0.15) is 5.53 Å². The highest BCUT2D eigenvalue weighted by Crippen LogP contribution is 1.97. The summed E-state index contributed by atoms with van der Waals surface area (Å²) >= 11 is 0.0533. The van der Waals surface area contributed by atoms with E-state index in [4.69, 9.17) is 10.1 Å². The number of nitrogens with zero attached hydrogens (tertiary/aromatic N) is 80.